The molecule has 0 unspecified atom stereocenters. The number of carbonyl (C=O) groups excluding carboxylic acids is 2. The molecule has 1 aromatic carbocycles. The number of hydrogen-bond donors (Lipinski definition) is 2. The number of benzene rings is 1. The number of nitrogen functional groups attached to an aromatic ring is 1. The van der Waals surface area contributed by atoms with E-state index in [1.165, 1.54) is 0 Å². The largest absolute Gasteiger partial charge is 0.466 e. The number of halogens is 2. The van der Waals surface area contributed by atoms with E-state index in [4.69, 9.17) is 5.73 Å². The molecule has 0 aromatic heterocycles. The van der Waals surface area contributed by atoms with E-state index in [0.717, 1.165) is 6.07 Å². The van der Waals surface area contributed by atoms with Crippen LogP contribution in [0.2, 0.25) is 0 Å². The molecular weight excluding hydrogens is 258 g/mol. The maximum atomic E-state index is 13.3. The molecule has 1 amide bonds. The van der Waals surface area contributed by atoms with Crippen molar-refractivity contribution >= 4 is 17.6 Å². The second-order valence-electron chi connectivity index (χ2n) is 3.66. The Bertz CT molecular complexity index is 492. The molecule has 0 aliphatic carbocycles. The second kappa shape index (κ2) is 6.67. The van der Waals surface area contributed by atoms with E-state index in [0.29, 0.717) is 6.07 Å². The van der Waals surface area contributed by atoms with Gasteiger partial charge in [-0.25, -0.2) is 8.78 Å². The van der Waals surface area contributed by atoms with Gasteiger partial charge in [-0.1, -0.05) is 0 Å². The van der Waals surface area contributed by atoms with E-state index in [-0.39, 0.29) is 30.8 Å². The Balaban J connectivity index is 2.59. The molecule has 0 radical (unpaired) electrons. The van der Waals surface area contributed by atoms with Crippen LogP contribution < -0.4 is 11.1 Å². The lowest BCUT2D eigenvalue weighted by Crippen LogP contribution is -2.27. The number of nitrogens with one attached hydrogen (secondary N) is 1. The molecule has 1 aromatic rings. The Hall–Kier alpha value is -2.18. The molecule has 1 rings (SSSR count). The maximum absolute atomic E-state index is 13.3. The minimum atomic E-state index is -1.01. The number of rotatable bonds is 5. The van der Waals surface area contributed by atoms with Gasteiger partial charge >= 0.3 is 5.97 Å². The highest BCUT2D eigenvalue weighted by molar-refractivity contribution is 5.95. The first-order chi connectivity index (χ1) is 8.95. The predicted octanol–water partition coefficient (Wildman–Crippen LogP) is 1.23. The molecule has 0 spiro atoms. The molecule has 0 saturated carbocycles. The number of hydrogen-bond acceptors (Lipinski definition) is 4. The number of ether oxygens (including phenoxy) is 1. The Labute approximate surface area is 108 Å². The fraction of sp³-hybridized carbons (Fsp3) is 0.333. The van der Waals surface area contributed by atoms with E-state index >= 15 is 0 Å². The fourth-order valence-electron chi connectivity index (χ4n) is 1.35. The smallest absolute Gasteiger partial charge is 0.307 e. The highest BCUT2D eigenvalue weighted by atomic mass is 19.1. The van der Waals surface area contributed by atoms with Crippen molar-refractivity contribution in [2.24, 2.45) is 0 Å². The monoisotopic (exact) mass is 272 g/mol. The summed E-state index contributed by atoms with van der Waals surface area (Å²) in [6.07, 6.45) is -0.0299. The van der Waals surface area contributed by atoms with Crippen LogP contribution in [0.4, 0.5) is 14.5 Å². The third-order valence-electron chi connectivity index (χ3n) is 2.25. The summed E-state index contributed by atoms with van der Waals surface area (Å²) < 4.78 is 30.9. The van der Waals surface area contributed by atoms with E-state index in [1.54, 1.807) is 6.92 Å². The van der Waals surface area contributed by atoms with Crippen LogP contribution in [-0.4, -0.2) is 25.0 Å². The Morgan fingerprint density at radius 2 is 2.00 bits per heavy atom. The molecule has 7 heteroatoms. The van der Waals surface area contributed by atoms with Crippen LogP contribution in [0.3, 0.4) is 0 Å². The molecule has 0 fully saturated rings. The van der Waals surface area contributed by atoms with Crippen molar-refractivity contribution in [3.05, 3.63) is 29.3 Å². The summed E-state index contributed by atoms with van der Waals surface area (Å²) in [5.74, 6) is -3.18. The van der Waals surface area contributed by atoms with E-state index in [9.17, 15) is 18.4 Å². The summed E-state index contributed by atoms with van der Waals surface area (Å²) in [5, 5.41) is 2.32. The third-order valence-corrected chi connectivity index (χ3v) is 2.25. The molecule has 0 aliphatic heterocycles. The Morgan fingerprint density at radius 3 is 2.63 bits per heavy atom. The normalized spacial score (nSPS) is 10.1. The van der Waals surface area contributed by atoms with Gasteiger partial charge in [0.15, 0.2) is 0 Å². The lowest BCUT2D eigenvalue weighted by Gasteiger charge is -2.07. The molecule has 0 bridgehead atoms. The molecule has 3 N–H and O–H groups in total. The SMILES string of the molecule is CCOC(=O)CCNC(=O)c1cc(N)c(F)cc1F. The highest BCUT2D eigenvalue weighted by Crippen LogP contribution is 2.16. The first-order valence-electron chi connectivity index (χ1n) is 5.64. The summed E-state index contributed by atoms with van der Waals surface area (Å²) in [4.78, 5) is 22.6. The number of amides is 1. The van der Waals surface area contributed by atoms with E-state index < -0.39 is 23.5 Å². The predicted molar refractivity (Wildman–Crippen MR) is 64.4 cm³/mol. The van der Waals surface area contributed by atoms with Crippen molar-refractivity contribution in [1.82, 2.24) is 5.32 Å². The van der Waals surface area contributed by atoms with Gasteiger partial charge < -0.3 is 15.8 Å². The highest BCUT2D eigenvalue weighted by Gasteiger charge is 2.15. The summed E-state index contributed by atoms with van der Waals surface area (Å²) >= 11 is 0. The summed E-state index contributed by atoms with van der Waals surface area (Å²) in [6.45, 7) is 1.90. The van der Waals surface area contributed by atoms with Gasteiger partial charge in [0.1, 0.15) is 11.6 Å². The van der Waals surface area contributed by atoms with Crippen LogP contribution in [0.5, 0.6) is 0 Å². The van der Waals surface area contributed by atoms with E-state index in [1.807, 2.05) is 0 Å². The number of anilines is 1. The third kappa shape index (κ3) is 4.20. The summed E-state index contributed by atoms with van der Waals surface area (Å²) in [5.41, 5.74) is 4.55. The van der Waals surface area contributed by atoms with Crippen molar-refractivity contribution in [2.45, 2.75) is 13.3 Å². The van der Waals surface area contributed by atoms with Gasteiger partial charge in [-0.2, -0.15) is 0 Å². The van der Waals surface area contributed by atoms with Crippen molar-refractivity contribution in [3.63, 3.8) is 0 Å². The average Bonchev–Trinajstić information content (AvgIpc) is 2.34. The van der Waals surface area contributed by atoms with Crippen molar-refractivity contribution in [1.29, 1.82) is 0 Å². The van der Waals surface area contributed by atoms with Crippen molar-refractivity contribution in [2.75, 3.05) is 18.9 Å². The molecular formula is C12H14F2N2O3. The zero-order valence-corrected chi connectivity index (χ0v) is 10.3. The zero-order valence-electron chi connectivity index (χ0n) is 10.3. The maximum Gasteiger partial charge on any atom is 0.307 e. The van der Waals surface area contributed by atoms with Gasteiger partial charge in [0, 0.05) is 12.6 Å². The van der Waals surface area contributed by atoms with Gasteiger partial charge in [0.2, 0.25) is 0 Å². The molecule has 0 saturated heterocycles. The average molecular weight is 272 g/mol. The number of esters is 1. The lowest BCUT2D eigenvalue weighted by molar-refractivity contribution is -0.142. The molecule has 0 heterocycles. The van der Waals surface area contributed by atoms with E-state index in [2.05, 4.69) is 10.1 Å². The number of carbonyl (C=O) groups is 2. The summed E-state index contributed by atoms with van der Waals surface area (Å²) in [7, 11) is 0. The second-order valence-corrected chi connectivity index (χ2v) is 3.66. The molecule has 0 aliphatic rings. The van der Waals surface area contributed by atoms with Crippen LogP contribution in [0.15, 0.2) is 12.1 Å². The zero-order chi connectivity index (χ0) is 14.4. The van der Waals surface area contributed by atoms with Crippen LogP contribution in [0, 0.1) is 11.6 Å². The van der Waals surface area contributed by atoms with Gasteiger partial charge in [0.25, 0.3) is 5.91 Å². The minimum absolute atomic E-state index is 0.00557. The Kier molecular flexibility index (Phi) is 5.23. The summed E-state index contributed by atoms with van der Waals surface area (Å²) in [6, 6.07) is 1.44. The standard InChI is InChI=1S/C12H14F2N2O3/c1-2-19-11(17)3-4-16-12(18)7-5-10(15)9(14)6-8(7)13/h5-6H,2-4,15H2,1H3,(H,16,18). The number of nitrogens with two attached hydrogens (primary N) is 1. The van der Waals surface area contributed by atoms with Gasteiger partial charge in [-0.3, -0.25) is 9.59 Å². The molecule has 104 valence electrons. The first-order valence-corrected chi connectivity index (χ1v) is 5.64. The lowest BCUT2D eigenvalue weighted by atomic mass is 10.1. The topological polar surface area (TPSA) is 81.4 Å². The molecule has 0 atom stereocenters. The Morgan fingerprint density at radius 1 is 1.32 bits per heavy atom. The quantitative estimate of drug-likeness (QED) is 0.624. The van der Waals surface area contributed by atoms with Crippen LogP contribution >= 0.6 is 0 Å². The minimum Gasteiger partial charge on any atom is -0.466 e. The van der Waals surface area contributed by atoms with Crippen LogP contribution in [0.25, 0.3) is 0 Å². The molecule has 19 heavy (non-hydrogen) atoms. The first kappa shape index (κ1) is 14.9. The van der Waals surface area contributed by atoms with Crippen molar-refractivity contribution in [3.8, 4) is 0 Å². The van der Waals surface area contributed by atoms with Gasteiger partial charge in [0.05, 0.1) is 24.3 Å². The molecule has 5 nitrogen and oxygen atoms in total. The van der Waals surface area contributed by atoms with Gasteiger partial charge in [-0.05, 0) is 13.0 Å². The van der Waals surface area contributed by atoms with Crippen LogP contribution in [0.1, 0.15) is 23.7 Å². The van der Waals surface area contributed by atoms with Gasteiger partial charge in [-0.15, -0.1) is 0 Å². The van der Waals surface area contributed by atoms with Crippen molar-refractivity contribution < 1.29 is 23.1 Å². The van der Waals surface area contributed by atoms with Crippen LogP contribution in [-0.2, 0) is 9.53 Å². The fourth-order valence-corrected chi connectivity index (χ4v) is 1.35.